The van der Waals surface area contributed by atoms with E-state index in [2.05, 4.69) is 71.4 Å². The Labute approximate surface area is 183 Å². The average Bonchev–Trinajstić information content (AvgIpc) is 3.13. The van der Waals surface area contributed by atoms with Crippen molar-refractivity contribution in [3.05, 3.63) is 101 Å². The fraction of sp³-hybridized carbons (Fsp3) is 0.259. The second-order valence-electron chi connectivity index (χ2n) is 8.03. The molecule has 0 aliphatic heterocycles. The highest BCUT2D eigenvalue weighted by Crippen LogP contribution is 2.19. The maximum atomic E-state index is 12.2. The van der Waals surface area contributed by atoms with Crippen molar-refractivity contribution in [3.8, 4) is 0 Å². The minimum atomic E-state index is 0.108. The molecule has 158 valence electrons. The van der Waals surface area contributed by atoms with E-state index in [0.717, 1.165) is 42.7 Å². The number of aromatic nitrogens is 2. The van der Waals surface area contributed by atoms with Gasteiger partial charge in [-0.3, -0.25) is 4.79 Å². The first-order valence-corrected chi connectivity index (χ1v) is 11.0. The largest absolute Gasteiger partial charge is 0.356 e. The highest BCUT2D eigenvalue weighted by atomic mass is 16.1. The fourth-order valence-electron chi connectivity index (χ4n) is 3.95. The lowest BCUT2D eigenvalue weighted by Crippen LogP contribution is -2.25. The number of nitrogens with zero attached hydrogens (tertiary/aromatic N) is 2. The Kier molecular flexibility index (Phi) is 6.78. The third-order valence-electron chi connectivity index (χ3n) is 5.54. The minimum Gasteiger partial charge on any atom is -0.356 e. The summed E-state index contributed by atoms with van der Waals surface area (Å²) in [5.41, 5.74) is 5.92. The molecule has 4 nitrogen and oxygen atoms in total. The van der Waals surface area contributed by atoms with Crippen LogP contribution in [-0.2, 0) is 24.2 Å². The Balaban J connectivity index is 1.35. The molecule has 0 bridgehead atoms. The van der Waals surface area contributed by atoms with Crippen LogP contribution in [0.15, 0.2) is 78.9 Å². The first-order chi connectivity index (χ1) is 15.2. The Morgan fingerprint density at radius 2 is 1.68 bits per heavy atom. The number of imidazole rings is 1. The predicted molar refractivity (Wildman–Crippen MR) is 126 cm³/mol. The zero-order chi connectivity index (χ0) is 21.5. The number of carbonyl (C=O) groups excluding carboxylic acids is 1. The van der Waals surface area contributed by atoms with Gasteiger partial charge in [-0.25, -0.2) is 4.98 Å². The zero-order valence-electron chi connectivity index (χ0n) is 18.1. The molecule has 0 aliphatic carbocycles. The third-order valence-corrected chi connectivity index (χ3v) is 5.54. The molecule has 0 spiro atoms. The third kappa shape index (κ3) is 5.60. The molecule has 0 aliphatic rings. The van der Waals surface area contributed by atoms with Crippen LogP contribution in [-0.4, -0.2) is 22.0 Å². The van der Waals surface area contributed by atoms with Crippen LogP contribution in [0.4, 0.5) is 0 Å². The van der Waals surface area contributed by atoms with Crippen LogP contribution in [0.1, 0.15) is 35.4 Å². The van der Waals surface area contributed by atoms with Crippen molar-refractivity contribution < 1.29 is 4.79 Å². The van der Waals surface area contributed by atoms with Crippen molar-refractivity contribution in [3.63, 3.8) is 0 Å². The molecule has 3 aromatic carbocycles. The van der Waals surface area contributed by atoms with Crippen LogP contribution < -0.4 is 5.32 Å². The van der Waals surface area contributed by atoms with Crippen molar-refractivity contribution in [2.24, 2.45) is 0 Å². The molecule has 0 unspecified atom stereocenters. The molecule has 31 heavy (non-hydrogen) atoms. The van der Waals surface area contributed by atoms with Gasteiger partial charge in [0, 0.05) is 25.9 Å². The van der Waals surface area contributed by atoms with Gasteiger partial charge in [0.15, 0.2) is 0 Å². The maximum Gasteiger partial charge on any atom is 0.220 e. The van der Waals surface area contributed by atoms with Crippen LogP contribution in [0.5, 0.6) is 0 Å². The highest BCUT2D eigenvalue weighted by molar-refractivity contribution is 5.76. The van der Waals surface area contributed by atoms with E-state index >= 15 is 0 Å². The van der Waals surface area contributed by atoms with E-state index in [1.165, 1.54) is 16.7 Å². The lowest BCUT2D eigenvalue weighted by Gasteiger charge is -2.11. The van der Waals surface area contributed by atoms with Crippen molar-refractivity contribution in [2.75, 3.05) is 6.54 Å². The van der Waals surface area contributed by atoms with E-state index in [-0.39, 0.29) is 5.91 Å². The molecule has 4 rings (SSSR count). The van der Waals surface area contributed by atoms with Gasteiger partial charge >= 0.3 is 0 Å². The standard InChI is InChI=1S/C27H29N3O/c1-21-9-7-12-23(19-21)20-30-25-14-6-5-13-24(25)29-26(30)15-8-18-28-27(31)17-16-22-10-3-2-4-11-22/h2-7,9-14,19H,8,15-18,20H2,1H3,(H,28,31). The summed E-state index contributed by atoms with van der Waals surface area (Å²) in [6.07, 6.45) is 3.00. The second kappa shape index (κ2) is 10.1. The molecule has 0 fully saturated rings. The summed E-state index contributed by atoms with van der Waals surface area (Å²) in [5, 5.41) is 3.06. The first-order valence-electron chi connectivity index (χ1n) is 11.0. The minimum absolute atomic E-state index is 0.108. The van der Waals surface area contributed by atoms with E-state index in [1.807, 2.05) is 24.3 Å². The first kappa shape index (κ1) is 20.9. The smallest absolute Gasteiger partial charge is 0.220 e. The Bertz CT molecular complexity index is 1150. The molecule has 1 N–H and O–H groups in total. The number of benzene rings is 3. The normalized spacial score (nSPS) is 11.0. The van der Waals surface area contributed by atoms with Gasteiger partial charge in [-0.05, 0) is 43.0 Å². The second-order valence-corrected chi connectivity index (χ2v) is 8.03. The van der Waals surface area contributed by atoms with E-state index in [1.54, 1.807) is 0 Å². The van der Waals surface area contributed by atoms with E-state index in [4.69, 9.17) is 4.98 Å². The zero-order valence-corrected chi connectivity index (χ0v) is 18.1. The van der Waals surface area contributed by atoms with Gasteiger partial charge in [0.25, 0.3) is 0 Å². The summed E-state index contributed by atoms with van der Waals surface area (Å²) >= 11 is 0. The summed E-state index contributed by atoms with van der Waals surface area (Å²) in [7, 11) is 0. The van der Waals surface area contributed by atoms with Gasteiger partial charge in [-0.1, -0.05) is 72.3 Å². The number of para-hydroxylation sites is 2. The van der Waals surface area contributed by atoms with Gasteiger partial charge in [0.1, 0.15) is 5.82 Å². The quantitative estimate of drug-likeness (QED) is 0.391. The monoisotopic (exact) mass is 411 g/mol. The molecule has 1 aromatic heterocycles. The molecule has 0 radical (unpaired) electrons. The lowest BCUT2D eigenvalue weighted by molar-refractivity contribution is -0.121. The van der Waals surface area contributed by atoms with Gasteiger partial charge in [0.2, 0.25) is 5.91 Å². The van der Waals surface area contributed by atoms with E-state index in [9.17, 15) is 4.79 Å². The Morgan fingerprint density at radius 1 is 0.903 bits per heavy atom. The van der Waals surface area contributed by atoms with Crippen LogP contribution in [0, 0.1) is 6.92 Å². The van der Waals surface area contributed by atoms with Gasteiger partial charge in [-0.2, -0.15) is 0 Å². The Hall–Kier alpha value is -3.40. The van der Waals surface area contributed by atoms with Gasteiger partial charge in [0.05, 0.1) is 11.0 Å². The number of rotatable bonds is 9. The van der Waals surface area contributed by atoms with Gasteiger partial charge in [-0.15, -0.1) is 0 Å². The Morgan fingerprint density at radius 3 is 2.52 bits per heavy atom. The van der Waals surface area contributed by atoms with E-state index < -0.39 is 0 Å². The van der Waals surface area contributed by atoms with E-state index in [0.29, 0.717) is 13.0 Å². The molecule has 0 saturated heterocycles. The molecular weight excluding hydrogens is 382 g/mol. The summed E-state index contributed by atoms with van der Waals surface area (Å²) < 4.78 is 2.31. The number of fused-ring (bicyclic) bond motifs is 1. The van der Waals surface area contributed by atoms with Crippen molar-refractivity contribution in [1.82, 2.24) is 14.9 Å². The number of hydrogen-bond acceptors (Lipinski definition) is 2. The molecule has 1 heterocycles. The van der Waals surface area contributed by atoms with Crippen molar-refractivity contribution in [1.29, 1.82) is 0 Å². The predicted octanol–water partition coefficient (Wildman–Crippen LogP) is 5.07. The molecule has 0 saturated carbocycles. The molecular formula is C27H29N3O. The fourth-order valence-corrected chi connectivity index (χ4v) is 3.95. The van der Waals surface area contributed by atoms with Crippen LogP contribution in [0.3, 0.4) is 0 Å². The summed E-state index contributed by atoms with van der Waals surface area (Å²) in [5.74, 6) is 1.18. The summed E-state index contributed by atoms with van der Waals surface area (Å²) in [6, 6.07) is 27.1. The number of carbonyl (C=O) groups is 1. The number of amides is 1. The molecule has 1 amide bonds. The number of aryl methyl sites for hydroxylation is 3. The summed E-state index contributed by atoms with van der Waals surface area (Å²) in [6.45, 7) is 3.60. The van der Waals surface area contributed by atoms with Crippen molar-refractivity contribution >= 4 is 16.9 Å². The number of nitrogens with one attached hydrogen (secondary N) is 1. The maximum absolute atomic E-state index is 12.2. The van der Waals surface area contributed by atoms with Crippen LogP contribution in [0.2, 0.25) is 0 Å². The lowest BCUT2D eigenvalue weighted by atomic mass is 10.1. The van der Waals surface area contributed by atoms with Gasteiger partial charge < -0.3 is 9.88 Å². The topological polar surface area (TPSA) is 46.9 Å². The molecule has 4 heteroatoms. The van der Waals surface area contributed by atoms with Crippen LogP contribution in [0.25, 0.3) is 11.0 Å². The average molecular weight is 412 g/mol. The van der Waals surface area contributed by atoms with Crippen LogP contribution >= 0.6 is 0 Å². The number of hydrogen-bond donors (Lipinski definition) is 1. The molecule has 4 aromatic rings. The van der Waals surface area contributed by atoms with Crippen molar-refractivity contribution in [2.45, 2.75) is 39.2 Å². The highest BCUT2D eigenvalue weighted by Gasteiger charge is 2.11. The SMILES string of the molecule is Cc1cccc(Cn2c(CCCNC(=O)CCc3ccccc3)nc3ccccc32)c1. The molecule has 0 atom stereocenters. The summed E-state index contributed by atoms with van der Waals surface area (Å²) in [4.78, 5) is 17.1.